The van der Waals surface area contributed by atoms with Crippen molar-refractivity contribution in [3.8, 4) is 5.88 Å². The fourth-order valence-electron chi connectivity index (χ4n) is 1.30. The molecule has 0 atom stereocenters. The molecule has 1 aromatic rings. The van der Waals surface area contributed by atoms with E-state index in [0.717, 1.165) is 0 Å². The summed E-state index contributed by atoms with van der Waals surface area (Å²) in [7, 11) is 3.27. The largest absolute Gasteiger partial charge is 0.468 e. The maximum atomic E-state index is 12.1. The van der Waals surface area contributed by atoms with Gasteiger partial charge < -0.3 is 15.4 Å². The zero-order valence-corrected chi connectivity index (χ0v) is 10.6. The molecule has 1 rings (SSSR count). The van der Waals surface area contributed by atoms with E-state index in [-0.39, 0.29) is 12.4 Å². The first-order valence-corrected chi connectivity index (χ1v) is 5.48. The lowest BCUT2D eigenvalue weighted by Crippen LogP contribution is -2.34. The molecule has 8 heteroatoms. The number of halogens is 3. The third-order valence-corrected chi connectivity index (χ3v) is 2.13. The van der Waals surface area contributed by atoms with Gasteiger partial charge in [0.2, 0.25) is 5.88 Å². The number of pyridine rings is 1. The van der Waals surface area contributed by atoms with Crippen molar-refractivity contribution < 1.29 is 17.9 Å². The Labute approximate surface area is 108 Å². The summed E-state index contributed by atoms with van der Waals surface area (Å²) in [5.74, 6) is 0.476. The number of aliphatic imine (C=N–C) groups is 1. The van der Waals surface area contributed by atoms with E-state index in [1.807, 2.05) is 0 Å². The van der Waals surface area contributed by atoms with Crippen LogP contribution in [-0.2, 0) is 6.54 Å². The third-order valence-electron chi connectivity index (χ3n) is 2.13. The van der Waals surface area contributed by atoms with Crippen LogP contribution in [0.2, 0.25) is 0 Å². The van der Waals surface area contributed by atoms with Gasteiger partial charge in [0.25, 0.3) is 0 Å². The van der Waals surface area contributed by atoms with Crippen molar-refractivity contribution in [2.24, 2.45) is 4.99 Å². The second kappa shape index (κ2) is 6.81. The van der Waals surface area contributed by atoms with Gasteiger partial charge in [-0.2, -0.15) is 13.2 Å². The molecule has 5 nitrogen and oxygen atoms in total. The maximum Gasteiger partial charge on any atom is 0.422 e. The SMILES string of the molecule is CN=C(NC)NCc1cccnc1OCC(F)(F)F. The summed E-state index contributed by atoms with van der Waals surface area (Å²) in [6, 6.07) is 3.26. The van der Waals surface area contributed by atoms with Crippen molar-refractivity contribution in [2.45, 2.75) is 12.7 Å². The maximum absolute atomic E-state index is 12.1. The molecule has 0 fully saturated rings. The molecule has 106 valence electrons. The number of aromatic nitrogens is 1. The molecule has 0 aliphatic heterocycles. The number of guanidine groups is 1. The lowest BCUT2D eigenvalue weighted by Gasteiger charge is -2.13. The highest BCUT2D eigenvalue weighted by Gasteiger charge is 2.29. The van der Waals surface area contributed by atoms with Gasteiger partial charge in [-0.15, -0.1) is 0 Å². The van der Waals surface area contributed by atoms with Crippen LogP contribution in [-0.4, -0.2) is 37.8 Å². The molecule has 2 N–H and O–H groups in total. The summed E-state index contributed by atoms with van der Waals surface area (Å²) in [5.41, 5.74) is 0.517. The van der Waals surface area contributed by atoms with Crippen LogP contribution in [0.5, 0.6) is 5.88 Å². The second-order valence-corrected chi connectivity index (χ2v) is 3.55. The molecule has 0 radical (unpaired) electrons. The van der Waals surface area contributed by atoms with Crippen LogP contribution in [0, 0.1) is 0 Å². The lowest BCUT2D eigenvalue weighted by molar-refractivity contribution is -0.154. The van der Waals surface area contributed by atoms with Crippen molar-refractivity contribution >= 4 is 5.96 Å². The minimum atomic E-state index is -4.39. The fraction of sp³-hybridized carbons (Fsp3) is 0.455. The first kappa shape index (κ1) is 15.1. The first-order chi connectivity index (χ1) is 8.96. The zero-order valence-electron chi connectivity index (χ0n) is 10.6. The standard InChI is InChI=1S/C11H15F3N4O/c1-15-10(16-2)18-6-8-4-3-5-17-9(8)19-7-11(12,13)14/h3-5H,6-7H2,1-2H3,(H2,15,16,18). The van der Waals surface area contributed by atoms with E-state index in [2.05, 4.69) is 25.3 Å². The van der Waals surface area contributed by atoms with Crippen molar-refractivity contribution in [3.63, 3.8) is 0 Å². The Morgan fingerprint density at radius 2 is 2.21 bits per heavy atom. The van der Waals surface area contributed by atoms with E-state index in [4.69, 9.17) is 0 Å². The Balaban J connectivity index is 2.68. The van der Waals surface area contributed by atoms with E-state index >= 15 is 0 Å². The van der Waals surface area contributed by atoms with Crippen LogP contribution in [0.3, 0.4) is 0 Å². The number of nitrogens with zero attached hydrogens (tertiary/aromatic N) is 2. The van der Waals surface area contributed by atoms with Gasteiger partial charge in [-0.1, -0.05) is 6.07 Å². The number of rotatable bonds is 4. The molecule has 0 aliphatic rings. The highest BCUT2D eigenvalue weighted by atomic mass is 19.4. The fourth-order valence-corrected chi connectivity index (χ4v) is 1.30. The summed E-state index contributed by atoms with van der Waals surface area (Å²) in [6.07, 6.45) is -3.01. The van der Waals surface area contributed by atoms with Crippen molar-refractivity contribution in [1.82, 2.24) is 15.6 Å². The molecular weight excluding hydrogens is 261 g/mol. The zero-order chi connectivity index (χ0) is 14.3. The Morgan fingerprint density at radius 1 is 1.47 bits per heavy atom. The Kier molecular flexibility index (Phi) is 5.40. The molecule has 0 spiro atoms. The molecule has 1 aromatic heterocycles. The van der Waals surface area contributed by atoms with Crippen molar-refractivity contribution in [1.29, 1.82) is 0 Å². The highest BCUT2D eigenvalue weighted by molar-refractivity contribution is 5.79. The smallest absolute Gasteiger partial charge is 0.422 e. The summed E-state index contributed by atoms with van der Waals surface area (Å²) in [6.45, 7) is -1.10. The van der Waals surface area contributed by atoms with Gasteiger partial charge >= 0.3 is 6.18 Å². The van der Waals surface area contributed by atoms with Crippen LogP contribution in [0.15, 0.2) is 23.3 Å². The molecule has 0 unspecified atom stereocenters. The number of ether oxygens (including phenoxy) is 1. The molecular formula is C11H15F3N4O. The summed E-state index contributed by atoms with van der Waals surface area (Å²) < 4.78 is 41.0. The molecule has 0 aromatic carbocycles. The summed E-state index contributed by atoms with van der Waals surface area (Å²) >= 11 is 0. The quantitative estimate of drug-likeness (QED) is 0.643. The lowest BCUT2D eigenvalue weighted by atomic mass is 10.2. The third kappa shape index (κ3) is 5.45. The van der Waals surface area contributed by atoms with E-state index in [1.54, 1.807) is 26.2 Å². The van der Waals surface area contributed by atoms with Crippen LogP contribution in [0.4, 0.5) is 13.2 Å². The van der Waals surface area contributed by atoms with Gasteiger partial charge in [-0.05, 0) is 6.07 Å². The second-order valence-electron chi connectivity index (χ2n) is 3.55. The molecule has 0 amide bonds. The van der Waals surface area contributed by atoms with E-state index in [0.29, 0.717) is 11.5 Å². The molecule has 0 bridgehead atoms. The van der Waals surface area contributed by atoms with Crippen molar-refractivity contribution in [3.05, 3.63) is 23.9 Å². The van der Waals surface area contributed by atoms with Gasteiger partial charge in [-0.25, -0.2) is 4.98 Å². The molecule has 1 heterocycles. The highest BCUT2D eigenvalue weighted by Crippen LogP contribution is 2.19. The predicted molar refractivity (Wildman–Crippen MR) is 65.0 cm³/mol. The minimum Gasteiger partial charge on any atom is -0.468 e. The van der Waals surface area contributed by atoms with Gasteiger partial charge in [0.15, 0.2) is 12.6 Å². The van der Waals surface area contributed by atoms with Crippen molar-refractivity contribution in [2.75, 3.05) is 20.7 Å². The van der Waals surface area contributed by atoms with Crippen LogP contribution < -0.4 is 15.4 Å². The number of hydrogen-bond donors (Lipinski definition) is 2. The number of alkyl halides is 3. The normalized spacial score (nSPS) is 12.2. The van der Waals surface area contributed by atoms with Gasteiger partial charge in [0.05, 0.1) is 0 Å². The predicted octanol–water partition coefficient (Wildman–Crippen LogP) is 1.32. The molecule has 19 heavy (non-hydrogen) atoms. The molecule has 0 aliphatic carbocycles. The van der Waals surface area contributed by atoms with E-state index in [9.17, 15) is 13.2 Å². The first-order valence-electron chi connectivity index (χ1n) is 5.48. The minimum absolute atomic E-state index is 0.0427. The van der Waals surface area contributed by atoms with Gasteiger partial charge in [-0.3, -0.25) is 4.99 Å². The monoisotopic (exact) mass is 276 g/mol. The summed E-state index contributed by atoms with van der Waals surface area (Å²) in [5, 5.41) is 5.71. The number of hydrogen-bond acceptors (Lipinski definition) is 3. The van der Waals surface area contributed by atoms with E-state index in [1.165, 1.54) is 6.20 Å². The van der Waals surface area contributed by atoms with Gasteiger partial charge in [0.1, 0.15) is 0 Å². The number of nitrogens with one attached hydrogen (secondary N) is 2. The van der Waals surface area contributed by atoms with E-state index < -0.39 is 12.8 Å². The Hall–Kier alpha value is -1.99. The summed E-state index contributed by atoms with van der Waals surface area (Å²) in [4.78, 5) is 7.68. The average molecular weight is 276 g/mol. The average Bonchev–Trinajstić information content (AvgIpc) is 2.38. The Morgan fingerprint density at radius 3 is 2.79 bits per heavy atom. The van der Waals surface area contributed by atoms with Crippen LogP contribution in [0.25, 0.3) is 0 Å². The van der Waals surface area contributed by atoms with Crippen LogP contribution in [0.1, 0.15) is 5.56 Å². The van der Waals surface area contributed by atoms with Crippen LogP contribution >= 0.6 is 0 Å². The molecule has 0 saturated heterocycles. The molecule has 0 saturated carbocycles. The topological polar surface area (TPSA) is 58.5 Å². The van der Waals surface area contributed by atoms with Gasteiger partial charge in [0, 0.05) is 32.4 Å². The Bertz CT molecular complexity index is 434.